The Balaban J connectivity index is 1.79. The number of fused-ring (bicyclic) bond motifs is 1. The summed E-state index contributed by atoms with van der Waals surface area (Å²) in [7, 11) is 0. The molecule has 25 heavy (non-hydrogen) atoms. The van der Waals surface area contributed by atoms with Crippen molar-refractivity contribution in [3.63, 3.8) is 0 Å². The van der Waals surface area contributed by atoms with E-state index in [0.29, 0.717) is 16.6 Å². The predicted molar refractivity (Wildman–Crippen MR) is 91.2 cm³/mol. The van der Waals surface area contributed by atoms with Crippen molar-refractivity contribution in [3.05, 3.63) is 62.8 Å². The maximum absolute atomic E-state index is 13.6. The Morgan fingerprint density at radius 2 is 2.12 bits per heavy atom. The van der Waals surface area contributed by atoms with Gasteiger partial charge in [-0.05, 0) is 18.1 Å². The van der Waals surface area contributed by atoms with Crippen molar-refractivity contribution >= 4 is 22.3 Å². The van der Waals surface area contributed by atoms with Crippen LogP contribution >= 0.6 is 11.3 Å². The third-order valence-electron chi connectivity index (χ3n) is 3.37. The number of aromatic nitrogens is 3. The third kappa shape index (κ3) is 3.90. The summed E-state index contributed by atoms with van der Waals surface area (Å²) in [6.07, 6.45) is 0.755. The van der Waals surface area contributed by atoms with Gasteiger partial charge in [-0.2, -0.15) is 9.61 Å². The predicted octanol–water partition coefficient (Wildman–Crippen LogP) is 2.85. The number of carbonyl (C=O) groups excluding carboxylic acids is 1. The lowest BCUT2D eigenvalue weighted by atomic mass is 10.1. The molecule has 3 aromatic rings. The lowest BCUT2D eigenvalue weighted by molar-refractivity contribution is 0.0462. The molecule has 8 heteroatoms. The first kappa shape index (κ1) is 17.2. The topological polar surface area (TPSA) is 73.6 Å². The summed E-state index contributed by atoms with van der Waals surface area (Å²) in [6.45, 7) is 3.92. The van der Waals surface area contributed by atoms with Gasteiger partial charge in [0.25, 0.3) is 5.56 Å². The number of hydrogen-bond donors (Lipinski definition) is 0. The van der Waals surface area contributed by atoms with Crippen LogP contribution < -0.4 is 5.56 Å². The van der Waals surface area contributed by atoms with Gasteiger partial charge in [0, 0.05) is 12.5 Å². The molecule has 0 spiro atoms. The maximum atomic E-state index is 13.6. The minimum absolute atomic E-state index is 0.155. The molecule has 0 amide bonds. The number of benzene rings is 1. The zero-order chi connectivity index (χ0) is 18.0. The van der Waals surface area contributed by atoms with E-state index in [9.17, 15) is 14.0 Å². The van der Waals surface area contributed by atoms with Crippen LogP contribution in [-0.2, 0) is 17.8 Å². The van der Waals surface area contributed by atoms with Crippen LogP contribution in [0.2, 0.25) is 0 Å². The van der Waals surface area contributed by atoms with E-state index in [1.807, 2.05) is 0 Å². The van der Waals surface area contributed by atoms with Crippen LogP contribution in [0.4, 0.5) is 4.39 Å². The second-order valence-corrected chi connectivity index (χ2v) is 6.97. The zero-order valence-electron chi connectivity index (χ0n) is 13.7. The van der Waals surface area contributed by atoms with E-state index in [1.165, 1.54) is 40.1 Å². The van der Waals surface area contributed by atoms with Crippen LogP contribution in [0.1, 0.15) is 34.9 Å². The van der Waals surface area contributed by atoms with Crippen molar-refractivity contribution in [2.24, 2.45) is 5.92 Å². The molecule has 0 N–H and O–H groups in total. The number of halogens is 1. The molecule has 130 valence electrons. The van der Waals surface area contributed by atoms with Gasteiger partial charge in [0.05, 0.1) is 11.3 Å². The highest BCUT2D eigenvalue weighted by atomic mass is 32.1. The average molecular weight is 361 g/mol. The van der Waals surface area contributed by atoms with Gasteiger partial charge in [0.1, 0.15) is 17.4 Å². The van der Waals surface area contributed by atoms with E-state index >= 15 is 0 Å². The Kier molecular flexibility index (Phi) is 4.89. The molecule has 0 fully saturated rings. The molecule has 0 aliphatic carbocycles. The van der Waals surface area contributed by atoms with Crippen LogP contribution in [0.15, 0.2) is 35.1 Å². The summed E-state index contributed by atoms with van der Waals surface area (Å²) in [4.78, 5) is 28.8. The van der Waals surface area contributed by atoms with Gasteiger partial charge in [0.2, 0.25) is 4.96 Å². The quantitative estimate of drug-likeness (QED) is 0.654. The standard InChI is InChI=1S/C17H16FN3O3S/c1-10(2)7-14-20-21-15(22)8-11(19-17(21)25-14)9-24-16(23)12-5-3-4-6-13(12)18/h3-6,8,10H,7,9H2,1-2H3. The van der Waals surface area contributed by atoms with Crippen molar-refractivity contribution in [1.82, 2.24) is 14.6 Å². The first-order valence-electron chi connectivity index (χ1n) is 7.74. The number of hydrogen-bond acceptors (Lipinski definition) is 6. The highest BCUT2D eigenvalue weighted by molar-refractivity contribution is 7.16. The number of ether oxygens (including phenoxy) is 1. The Bertz CT molecular complexity index is 981. The van der Waals surface area contributed by atoms with Gasteiger partial charge in [-0.3, -0.25) is 4.79 Å². The Labute approximate surface area is 146 Å². The van der Waals surface area contributed by atoms with Gasteiger partial charge in [-0.1, -0.05) is 37.3 Å². The summed E-state index contributed by atoms with van der Waals surface area (Å²) in [5, 5.41) is 5.07. The molecule has 0 aliphatic heterocycles. The van der Waals surface area contributed by atoms with Crippen molar-refractivity contribution in [2.45, 2.75) is 26.9 Å². The van der Waals surface area contributed by atoms with E-state index in [4.69, 9.17) is 4.74 Å². The first-order valence-corrected chi connectivity index (χ1v) is 8.56. The molecule has 0 saturated carbocycles. The maximum Gasteiger partial charge on any atom is 0.341 e. The number of nitrogens with zero attached hydrogens (tertiary/aromatic N) is 3. The van der Waals surface area contributed by atoms with E-state index in [2.05, 4.69) is 23.9 Å². The lowest BCUT2D eigenvalue weighted by Gasteiger charge is -2.05. The Hall–Kier alpha value is -2.61. The minimum atomic E-state index is -0.801. The Morgan fingerprint density at radius 3 is 2.84 bits per heavy atom. The second-order valence-electron chi connectivity index (χ2n) is 5.93. The molecular weight excluding hydrogens is 345 g/mol. The van der Waals surface area contributed by atoms with Crippen molar-refractivity contribution in [3.8, 4) is 0 Å². The molecule has 0 unspecified atom stereocenters. The Morgan fingerprint density at radius 1 is 1.36 bits per heavy atom. The third-order valence-corrected chi connectivity index (χ3v) is 4.30. The first-order chi connectivity index (χ1) is 11.9. The number of rotatable bonds is 5. The van der Waals surface area contributed by atoms with Gasteiger partial charge < -0.3 is 4.74 Å². The van der Waals surface area contributed by atoms with Crippen molar-refractivity contribution in [2.75, 3.05) is 0 Å². The summed E-state index contributed by atoms with van der Waals surface area (Å²) in [5.41, 5.74) is -0.194. The second kappa shape index (κ2) is 7.10. The summed E-state index contributed by atoms with van der Waals surface area (Å²) < 4.78 is 19.9. The molecule has 1 aromatic carbocycles. The van der Waals surface area contributed by atoms with E-state index in [1.54, 1.807) is 6.07 Å². The molecule has 0 bridgehead atoms. The van der Waals surface area contributed by atoms with Crippen LogP contribution in [0.5, 0.6) is 0 Å². The van der Waals surface area contributed by atoms with E-state index in [0.717, 1.165) is 11.4 Å². The number of esters is 1. The summed E-state index contributed by atoms with van der Waals surface area (Å²) in [5.74, 6) is -1.04. The highest BCUT2D eigenvalue weighted by Gasteiger charge is 2.14. The van der Waals surface area contributed by atoms with Crippen LogP contribution in [0.3, 0.4) is 0 Å². The fourth-order valence-electron chi connectivity index (χ4n) is 2.25. The summed E-state index contributed by atoms with van der Waals surface area (Å²) in [6, 6.07) is 6.82. The van der Waals surface area contributed by atoms with Gasteiger partial charge >= 0.3 is 5.97 Å². The molecule has 3 rings (SSSR count). The molecule has 2 aromatic heterocycles. The summed E-state index contributed by atoms with van der Waals surface area (Å²) >= 11 is 1.33. The molecule has 2 heterocycles. The van der Waals surface area contributed by atoms with E-state index < -0.39 is 11.8 Å². The normalized spacial score (nSPS) is 11.2. The van der Waals surface area contributed by atoms with Gasteiger partial charge in [-0.15, -0.1) is 0 Å². The van der Waals surface area contributed by atoms with Gasteiger partial charge in [-0.25, -0.2) is 14.2 Å². The molecular formula is C17H16FN3O3S. The van der Waals surface area contributed by atoms with Crippen molar-refractivity contribution < 1.29 is 13.9 Å². The number of carbonyl (C=O) groups is 1. The molecule has 6 nitrogen and oxygen atoms in total. The van der Waals surface area contributed by atoms with Crippen LogP contribution in [0.25, 0.3) is 4.96 Å². The lowest BCUT2D eigenvalue weighted by Crippen LogP contribution is -2.17. The van der Waals surface area contributed by atoms with Crippen LogP contribution in [-0.4, -0.2) is 20.6 Å². The smallest absolute Gasteiger partial charge is 0.341 e. The van der Waals surface area contributed by atoms with E-state index in [-0.39, 0.29) is 17.7 Å². The average Bonchev–Trinajstić information content (AvgIpc) is 2.95. The minimum Gasteiger partial charge on any atom is -0.455 e. The zero-order valence-corrected chi connectivity index (χ0v) is 14.5. The largest absolute Gasteiger partial charge is 0.455 e. The fraction of sp³-hybridized carbons (Fsp3) is 0.294. The highest BCUT2D eigenvalue weighted by Crippen LogP contribution is 2.16. The SMILES string of the molecule is CC(C)Cc1nn2c(=O)cc(COC(=O)c3ccccc3F)nc2s1. The fourth-order valence-corrected chi connectivity index (χ4v) is 3.38. The van der Waals surface area contributed by atoms with Gasteiger partial charge in [0.15, 0.2) is 0 Å². The molecule has 0 aliphatic rings. The molecule has 0 saturated heterocycles. The monoisotopic (exact) mass is 361 g/mol. The molecule has 0 radical (unpaired) electrons. The van der Waals surface area contributed by atoms with Crippen LogP contribution in [0, 0.1) is 11.7 Å². The van der Waals surface area contributed by atoms with Crippen molar-refractivity contribution in [1.29, 1.82) is 0 Å². The molecule has 0 atom stereocenters.